The molecular weight excluding hydrogens is 409 g/mol. The molecule has 1 heterocycles. The summed E-state index contributed by atoms with van der Waals surface area (Å²) in [5.74, 6) is -0.126. The molecule has 0 saturated carbocycles. The van der Waals surface area contributed by atoms with Crippen LogP contribution >= 0.6 is 0 Å². The molecule has 0 aliphatic rings. The molecule has 4 aromatic rings. The second-order valence-corrected chi connectivity index (χ2v) is 7.06. The van der Waals surface area contributed by atoms with Gasteiger partial charge in [0.2, 0.25) is 0 Å². The molecule has 0 aliphatic heterocycles. The highest BCUT2D eigenvalue weighted by Gasteiger charge is 2.13. The quantitative estimate of drug-likeness (QED) is 0.492. The summed E-state index contributed by atoms with van der Waals surface area (Å²) < 4.78 is 20.3. The Balaban J connectivity index is 1.40. The van der Waals surface area contributed by atoms with Crippen molar-refractivity contribution in [3.63, 3.8) is 0 Å². The topological polar surface area (TPSA) is 92.8 Å². The molecule has 8 heteroatoms. The van der Waals surface area contributed by atoms with E-state index in [0.29, 0.717) is 29.3 Å². The molecule has 4 rings (SSSR count). The van der Waals surface area contributed by atoms with E-state index in [1.165, 1.54) is 23.0 Å². The van der Waals surface area contributed by atoms with Crippen LogP contribution in [0.2, 0.25) is 0 Å². The van der Waals surface area contributed by atoms with Gasteiger partial charge in [-0.3, -0.25) is 4.79 Å². The molecule has 0 saturated heterocycles. The molecule has 1 N–H and O–H groups in total. The molecule has 32 heavy (non-hydrogen) atoms. The number of carbonyl (C=O) groups is 1. The van der Waals surface area contributed by atoms with E-state index in [0.717, 1.165) is 11.1 Å². The van der Waals surface area contributed by atoms with Crippen LogP contribution < -0.4 is 10.1 Å². The maximum absolute atomic E-state index is 13.1. The number of aromatic nitrogens is 3. The number of carbonyl (C=O) groups excluding carboxylic acids is 1. The zero-order chi connectivity index (χ0) is 22.5. The van der Waals surface area contributed by atoms with Crippen LogP contribution in [0.5, 0.6) is 5.75 Å². The summed E-state index contributed by atoms with van der Waals surface area (Å²) in [6.07, 6.45) is 1.48. The fourth-order valence-electron chi connectivity index (χ4n) is 3.04. The van der Waals surface area contributed by atoms with Crippen molar-refractivity contribution in [3.8, 4) is 17.5 Å². The van der Waals surface area contributed by atoms with Crippen molar-refractivity contribution in [2.75, 3.05) is 5.32 Å². The number of ether oxygens (including phenoxy) is 1. The first-order valence-electron chi connectivity index (χ1n) is 9.74. The predicted molar refractivity (Wildman–Crippen MR) is 116 cm³/mol. The molecule has 158 valence electrons. The van der Waals surface area contributed by atoms with Gasteiger partial charge in [0.25, 0.3) is 5.91 Å². The Hall–Kier alpha value is -4.51. The van der Waals surface area contributed by atoms with Gasteiger partial charge in [0.1, 0.15) is 18.2 Å². The fraction of sp³-hybridized carbons (Fsp3) is 0.0833. The third-order valence-electron chi connectivity index (χ3n) is 4.72. The predicted octanol–water partition coefficient (Wildman–Crippen LogP) is 4.42. The van der Waals surface area contributed by atoms with Crippen molar-refractivity contribution in [2.45, 2.75) is 13.5 Å². The zero-order valence-corrected chi connectivity index (χ0v) is 17.1. The van der Waals surface area contributed by atoms with E-state index in [-0.39, 0.29) is 11.5 Å². The summed E-state index contributed by atoms with van der Waals surface area (Å²) in [5.41, 5.74) is 3.63. The van der Waals surface area contributed by atoms with E-state index < -0.39 is 5.91 Å². The third-order valence-corrected chi connectivity index (χ3v) is 4.72. The van der Waals surface area contributed by atoms with Crippen LogP contribution in [0.25, 0.3) is 5.69 Å². The summed E-state index contributed by atoms with van der Waals surface area (Å²) in [6.45, 7) is 2.18. The Morgan fingerprint density at radius 2 is 1.97 bits per heavy atom. The van der Waals surface area contributed by atoms with E-state index in [1.54, 1.807) is 36.4 Å². The molecule has 0 unspecified atom stereocenters. The zero-order valence-electron chi connectivity index (χ0n) is 17.1. The van der Waals surface area contributed by atoms with E-state index in [9.17, 15) is 9.18 Å². The molecule has 0 atom stereocenters. The van der Waals surface area contributed by atoms with E-state index >= 15 is 0 Å². The third kappa shape index (κ3) is 4.79. The first-order chi connectivity index (χ1) is 15.5. The van der Waals surface area contributed by atoms with Gasteiger partial charge in [0.15, 0.2) is 5.69 Å². The number of nitrogens with zero attached hydrogens (tertiary/aromatic N) is 4. The number of nitriles is 1. The van der Waals surface area contributed by atoms with Crippen molar-refractivity contribution in [1.29, 1.82) is 5.26 Å². The average molecular weight is 427 g/mol. The molecule has 1 amide bonds. The highest BCUT2D eigenvalue weighted by atomic mass is 19.1. The number of amides is 1. The first-order valence-corrected chi connectivity index (χ1v) is 9.74. The number of rotatable bonds is 6. The molecule has 0 radical (unpaired) electrons. The lowest BCUT2D eigenvalue weighted by Gasteiger charge is -2.11. The van der Waals surface area contributed by atoms with Gasteiger partial charge in [0.05, 0.1) is 23.5 Å². The number of halogens is 1. The minimum absolute atomic E-state index is 0.131. The van der Waals surface area contributed by atoms with Crippen molar-refractivity contribution in [1.82, 2.24) is 15.0 Å². The van der Waals surface area contributed by atoms with E-state index in [4.69, 9.17) is 10.00 Å². The fourth-order valence-corrected chi connectivity index (χ4v) is 3.04. The smallest absolute Gasteiger partial charge is 0.277 e. The number of anilines is 1. The highest BCUT2D eigenvalue weighted by molar-refractivity contribution is 6.03. The van der Waals surface area contributed by atoms with Gasteiger partial charge in [-0.05, 0) is 72.6 Å². The second kappa shape index (κ2) is 9.10. The number of hydrogen-bond donors (Lipinski definition) is 1. The number of nitrogens with one attached hydrogen (secondary N) is 1. The van der Waals surface area contributed by atoms with Crippen molar-refractivity contribution < 1.29 is 13.9 Å². The van der Waals surface area contributed by atoms with Crippen LogP contribution in [0.1, 0.15) is 27.2 Å². The standard InChI is InChI=1S/C24H18FN5O2/c1-16-11-21(32-15-18-4-2-3-17(12-18)13-26)9-10-22(16)27-24(31)23-14-30(29-28-23)20-7-5-19(25)6-8-20/h2-12,14H,15H2,1H3,(H,27,31). The lowest BCUT2D eigenvalue weighted by atomic mass is 10.1. The molecule has 1 aromatic heterocycles. The van der Waals surface area contributed by atoms with Crippen LogP contribution in [0.4, 0.5) is 10.1 Å². The van der Waals surface area contributed by atoms with Crippen molar-refractivity contribution >= 4 is 11.6 Å². The Morgan fingerprint density at radius 3 is 2.72 bits per heavy atom. The molecule has 0 aliphatic carbocycles. The Kier molecular flexibility index (Phi) is 5.90. The van der Waals surface area contributed by atoms with Crippen LogP contribution in [-0.2, 0) is 6.61 Å². The Morgan fingerprint density at radius 1 is 1.16 bits per heavy atom. The summed E-state index contributed by atoms with van der Waals surface area (Å²) in [7, 11) is 0. The second-order valence-electron chi connectivity index (χ2n) is 7.06. The molecule has 3 aromatic carbocycles. The van der Waals surface area contributed by atoms with Crippen LogP contribution in [-0.4, -0.2) is 20.9 Å². The van der Waals surface area contributed by atoms with Gasteiger partial charge in [-0.2, -0.15) is 5.26 Å². The van der Waals surface area contributed by atoms with Gasteiger partial charge in [0, 0.05) is 5.69 Å². The van der Waals surface area contributed by atoms with Crippen LogP contribution in [0.3, 0.4) is 0 Å². The van der Waals surface area contributed by atoms with Gasteiger partial charge in [-0.1, -0.05) is 17.3 Å². The van der Waals surface area contributed by atoms with Gasteiger partial charge in [-0.15, -0.1) is 5.10 Å². The lowest BCUT2D eigenvalue weighted by molar-refractivity contribution is 0.102. The first kappa shape index (κ1) is 20.8. The minimum Gasteiger partial charge on any atom is -0.489 e. The normalized spacial score (nSPS) is 10.4. The Bertz CT molecular complexity index is 1310. The number of aryl methyl sites for hydroxylation is 1. The van der Waals surface area contributed by atoms with E-state index in [2.05, 4.69) is 21.7 Å². The molecular formula is C24H18FN5O2. The average Bonchev–Trinajstić information content (AvgIpc) is 3.30. The maximum Gasteiger partial charge on any atom is 0.277 e. The minimum atomic E-state index is -0.413. The van der Waals surface area contributed by atoms with Crippen molar-refractivity contribution in [2.24, 2.45) is 0 Å². The summed E-state index contributed by atoms with van der Waals surface area (Å²) in [5, 5.41) is 19.6. The van der Waals surface area contributed by atoms with Gasteiger partial charge in [-0.25, -0.2) is 9.07 Å². The van der Waals surface area contributed by atoms with Crippen LogP contribution in [0, 0.1) is 24.1 Å². The SMILES string of the molecule is Cc1cc(OCc2cccc(C#N)c2)ccc1NC(=O)c1cn(-c2ccc(F)cc2)nn1. The lowest BCUT2D eigenvalue weighted by Crippen LogP contribution is -2.13. The number of benzene rings is 3. The summed E-state index contributed by atoms with van der Waals surface area (Å²) >= 11 is 0. The largest absolute Gasteiger partial charge is 0.489 e. The molecule has 7 nitrogen and oxygen atoms in total. The molecule has 0 bridgehead atoms. The van der Waals surface area contributed by atoms with Crippen LogP contribution in [0.15, 0.2) is 72.9 Å². The maximum atomic E-state index is 13.1. The van der Waals surface area contributed by atoms with Crippen molar-refractivity contribution in [3.05, 3.63) is 101 Å². The Labute approximate surface area is 183 Å². The summed E-state index contributed by atoms with van der Waals surface area (Å²) in [4.78, 5) is 12.6. The highest BCUT2D eigenvalue weighted by Crippen LogP contribution is 2.23. The summed E-state index contributed by atoms with van der Waals surface area (Å²) in [6, 6.07) is 20.4. The van der Waals surface area contributed by atoms with Gasteiger partial charge >= 0.3 is 0 Å². The molecule has 0 fully saturated rings. The monoisotopic (exact) mass is 427 g/mol. The molecule has 0 spiro atoms. The number of hydrogen-bond acceptors (Lipinski definition) is 5. The van der Waals surface area contributed by atoms with E-state index in [1.807, 2.05) is 25.1 Å². The van der Waals surface area contributed by atoms with Gasteiger partial charge < -0.3 is 10.1 Å².